The van der Waals surface area contributed by atoms with Crippen LogP contribution in [0.4, 0.5) is 4.39 Å². The monoisotopic (exact) mass is 820 g/mol. The molecule has 1 heterocycles. The summed E-state index contributed by atoms with van der Waals surface area (Å²) in [6, 6.07) is 10.3. The molecule has 1 fully saturated rings. The SMILES string of the molecule is CC(C)C(N)C(=O)N[C@@H](Cc1ccc(F)cc1)c1nc(C(=O)N[C@@H](CC2CCCCC2)C(=O)N[C@@H](CCCN=C(N)N)C(=O)N[C@@H](Cc2ccccc2)C(N)=O)cs1. The summed E-state index contributed by atoms with van der Waals surface area (Å²) in [6.45, 7) is 3.85. The van der Waals surface area contributed by atoms with Crippen LogP contribution in [0.15, 0.2) is 65.0 Å². The zero-order valence-electron chi connectivity index (χ0n) is 33.1. The van der Waals surface area contributed by atoms with E-state index >= 15 is 0 Å². The molecule has 3 aromatic rings. The number of amides is 5. The first-order valence-corrected chi connectivity index (χ1v) is 20.6. The number of aromatic nitrogens is 1. The number of aliphatic imine (C=N–C) groups is 1. The van der Waals surface area contributed by atoms with Crippen LogP contribution < -0.4 is 44.2 Å². The minimum absolute atomic E-state index is 0.0321. The number of thiazole rings is 1. The summed E-state index contributed by atoms with van der Waals surface area (Å²) in [4.78, 5) is 75.9. The van der Waals surface area contributed by atoms with Crippen LogP contribution in [0.25, 0.3) is 0 Å². The fraction of sp³-hybridized carbons (Fsp3) is 0.488. The van der Waals surface area contributed by atoms with Crippen molar-refractivity contribution in [2.75, 3.05) is 6.54 Å². The number of nitrogens with one attached hydrogen (secondary N) is 4. The van der Waals surface area contributed by atoms with Gasteiger partial charge in [-0.1, -0.05) is 88.4 Å². The van der Waals surface area contributed by atoms with Gasteiger partial charge in [0.1, 0.15) is 34.6 Å². The maximum atomic E-state index is 14.2. The number of nitrogens with two attached hydrogens (primary N) is 4. The molecule has 0 aliphatic heterocycles. The van der Waals surface area contributed by atoms with Crippen LogP contribution in [0.2, 0.25) is 0 Å². The predicted octanol–water partition coefficient (Wildman–Crippen LogP) is 2.49. The van der Waals surface area contributed by atoms with E-state index in [1.165, 1.54) is 12.1 Å². The van der Waals surface area contributed by atoms with Crippen LogP contribution in [0.3, 0.4) is 0 Å². The molecule has 0 spiro atoms. The number of primary amides is 1. The smallest absolute Gasteiger partial charge is 0.271 e. The van der Waals surface area contributed by atoms with Gasteiger partial charge < -0.3 is 44.2 Å². The molecule has 1 aromatic heterocycles. The van der Waals surface area contributed by atoms with Crippen molar-refractivity contribution in [1.82, 2.24) is 26.3 Å². The summed E-state index contributed by atoms with van der Waals surface area (Å²) < 4.78 is 13.7. The molecular weight excluding hydrogens is 764 g/mol. The van der Waals surface area contributed by atoms with Gasteiger partial charge in [0.15, 0.2) is 5.96 Å². The molecule has 5 atom stereocenters. The summed E-state index contributed by atoms with van der Waals surface area (Å²) in [5, 5.41) is 13.3. The van der Waals surface area contributed by atoms with E-state index in [-0.39, 0.29) is 49.3 Å². The van der Waals surface area contributed by atoms with Crippen molar-refractivity contribution in [3.05, 3.63) is 87.6 Å². The number of halogens is 1. The quantitative estimate of drug-likeness (QED) is 0.0445. The Morgan fingerprint density at radius 3 is 2.09 bits per heavy atom. The van der Waals surface area contributed by atoms with Gasteiger partial charge in [-0.05, 0) is 60.8 Å². The molecule has 314 valence electrons. The molecule has 0 radical (unpaired) electrons. The highest BCUT2D eigenvalue weighted by Crippen LogP contribution is 2.28. The minimum Gasteiger partial charge on any atom is -0.370 e. The normalized spacial score (nSPS) is 15.6. The van der Waals surface area contributed by atoms with E-state index in [0.717, 1.165) is 54.6 Å². The topological polar surface area (TPSA) is 263 Å². The summed E-state index contributed by atoms with van der Waals surface area (Å²) in [5.74, 6) is -3.48. The molecule has 0 bridgehead atoms. The van der Waals surface area contributed by atoms with Crippen molar-refractivity contribution >= 4 is 46.8 Å². The predicted molar refractivity (Wildman–Crippen MR) is 221 cm³/mol. The minimum atomic E-state index is -1.12. The maximum Gasteiger partial charge on any atom is 0.271 e. The van der Waals surface area contributed by atoms with E-state index in [0.29, 0.717) is 17.8 Å². The fourth-order valence-corrected chi connectivity index (χ4v) is 7.64. The summed E-state index contributed by atoms with van der Waals surface area (Å²) >= 11 is 1.16. The van der Waals surface area contributed by atoms with Crippen LogP contribution >= 0.6 is 11.3 Å². The average molecular weight is 821 g/mol. The molecular formula is C41H57FN10O5S. The van der Waals surface area contributed by atoms with Crippen molar-refractivity contribution in [3.8, 4) is 0 Å². The third kappa shape index (κ3) is 14.5. The number of nitrogens with zero attached hydrogens (tertiary/aromatic N) is 2. The summed E-state index contributed by atoms with van der Waals surface area (Å²) in [5.41, 5.74) is 24.4. The Morgan fingerprint density at radius 1 is 0.810 bits per heavy atom. The van der Waals surface area contributed by atoms with E-state index in [9.17, 15) is 28.4 Å². The lowest BCUT2D eigenvalue weighted by Crippen LogP contribution is -2.57. The van der Waals surface area contributed by atoms with Crippen molar-refractivity contribution in [2.24, 2.45) is 39.8 Å². The van der Waals surface area contributed by atoms with E-state index in [4.69, 9.17) is 22.9 Å². The highest BCUT2D eigenvalue weighted by Gasteiger charge is 2.32. The Kier molecular flexibility index (Phi) is 17.6. The number of rotatable bonds is 21. The van der Waals surface area contributed by atoms with Crippen LogP contribution in [-0.2, 0) is 32.0 Å². The first-order chi connectivity index (χ1) is 27.7. The summed E-state index contributed by atoms with van der Waals surface area (Å²) in [6.07, 6.45) is 6.00. The Balaban J connectivity index is 1.55. The van der Waals surface area contributed by atoms with Crippen LogP contribution in [-0.4, -0.2) is 71.2 Å². The van der Waals surface area contributed by atoms with Crippen molar-refractivity contribution < 1.29 is 28.4 Å². The molecule has 0 saturated heterocycles. The average Bonchev–Trinajstić information content (AvgIpc) is 3.70. The van der Waals surface area contributed by atoms with Gasteiger partial charge in [0.2, 0.25) is 23.6 Å². The molecule has 58 heavy (non-hydrogen) atoms. The molecule has 1 unspecified atom stereocenters. The number of hydrogen-bond donors (Lipinski definition) is 8. The second-order valence-corrected chi connectivity index (χ2v) is 16.1. The molecule has 17 heteroatoms. The lowest BCUT2D eigenvalue weighted by atomic mass is 9.84. The molecule has 1 saturated carbocycles. The van der Waals surface area contributed by atoms with Crippen LogP contribution in [0.5, 0.6) is 0 Å². The second kappa shape index (κ2) is 22.5. The first kappa shape index (κ1) is 45.3. The number of carbonyl (C=O) groups is 5. The highest BCUT2D eigenvalue weighted by atomic mass is 32.1. The van der Waals surface area contributed by atoms with Gasteiger partial charge in [-0.25, -0.2) is 9.37 Å². The molecule has 2 aromatic carbocycles. The highest BCUT2D eigenvalue weighted by molar-refractivity contribution is 7.09. The van der Waals surface area contributed by atoms with Crippen LogP contribution in [0.1, 0.15) is 97.9 Å². The van der Waals surface area contributed by atoms with Gasteiger partial charge in [0.25, 0.3) is 5.91 Å². The van der Waals surface area contributed by atoms with Gasteiger partial charge in [0, 0.05) is 18.3 Å². The van der Waals surface area contributed by atoms with Gasteiger partial charge in [-0.2, -0.15) is 0 Å². The number of carbonyl (C=O) groups excluding carboxylic acids is 5. The van der Waals surface area contributed by atoms with Gasteiger partial charge in [-0.3, -0.25) is 29.0 Å². The maximum absolute atomic E-state index is 14.2. The second-order valence-electron chi connectivity index (χ2n) is 15.2. The molecule has 5 amide bonds. The fourth-order valence-electron chi connectivity index (χ4n) is 6.79. The van der Waals surface area contributed by atoms with E-state index < -0.39 is 65.6 Å². The number of benzene rings is 2. The van der Waals surface area contributed by atoms with Gasteiger partial charge in [-0.15, -0.1) is 11.3 Å². The Bertz CT molecular complexity index is 1850. The van der Waals surface area contributed by atoms with E-state index in [2.05, 4.69) is 31.2 Å². The Labute approximate surface area is 342 Å². The molecule has 1 aliphatic carbocycles. The molecule has 1 aliphatic rings. The van der Waals surface area contributed by atoms with Gasteiger partial charge in [0.05, 0.1) is 12.1 Å². The van der Waals surface area contributed by atoms with E-state index in [1.54, 1.807) is 17.5 Å². The van der Waals surface area contributed by atoms with Crippen molar-refractivity contribution in [1.29, 1.82) is 0 Å². The first-order valence-electron chi connectivity index (χ1n) is 19.8. The number of guanidine groups is 1. The van der Waals surface area contributed by atoms with Gasteiger partial charge >= 0.3 is 0 Å². The molecule has 4 rings (SSSR count). The third-order valence-electron chi connectivity index (χ3n) is 10.2. The zero-order valence-corrected chi connectivity index (χ0v) is 33.9. The van der Waals surface area contributed by atoms with Crippen molar-refractivity contribution in [2.45, 2.75) is 108 Å². The Morgan fingerprint density at radius 2 is 1.45 bits per heavy atom. The largest absolute Gasteiger partial charge is 0.370 e. The molecule has 15 nitrogen and oxygen atoms in total. The standard InChI is InChI=1S/C41H57FN10O5S/c1-24(2)34(43)39(57)51-32(22-27-15-17-28(42)18-16-27)40-52-33(23-58-40)38(56)50-31(21-26-12-7-4-8-13-26)37(55)48-29(14-9-19-47-41(45)46)36(54)49-30(35(44)53)20-25-10-5-3-6-11-25/h3,5-6,10-11,15-18,23-24,26,29-32,34H,4,7-9,12-14,19-22,43H2,1-2H3,(H2,44,53)(H,48,55)(H,49,54)(H,50,56)(H,51,57)(H4,45,46,47)/t29-,30-,31-,32-,34?/m0/s1. The van der Waals surface area contributed by atoms with E-state index in [1.807, 2.05) is 44.2 Å². The summed E-state index contributed by atoms with van der Waals surface area (Å²) in [7, 11) is 0. The Hall–Kier alpha value is -5.42. The lowest BCUT2D eigenvalue weighted by molar-refractivity contribution is -0.132. The lowest BCUT2D eigenvalue weighted by Gasteiger charge is -2.28. The zero-order chi connectivity index (χ0) is 42.2. The van der Waals surface area contributed by atoms with Crippen molar-refractivity contribution in [3.63, 3.8) is 0 Å². The van der Waals surface area contributed by atoms with Crippen LogP contribution in [0, 0.1) is 17.7 Å². The third-order valence-corrected chi connectivity index (χ3v) is 11.1. The molecule has 12 N–H and O–H groups in total. The number of hydrogen-bond acceptors (Lipinski definition) is 9.